The smallest absolute Gasteiger partial charge is 0.150 e. The molecule has 0 aliphatic carbocycles. The van der Waals surface area contributed by atoms with Crippen LogP contribution in [0.2, 0.25) is 0 Å². The monoisotopic (exact) mass is 208 g/mol. The Hall–Kier alpha value is -0.760. The molecule has 0 aliphatic rings. The second kappa shape index (κ2) is 5.86. The van der Waals surface area contributed by atoms with E-state index >= 15 is 0 Å². The fourth-order valence-corrected chi connectivity index (χ4v) is 2.54. The minimum Gasteiger partial charge on any atom is -0.298 e. The van der Waals surface area contributed by atoms with Crippen LogP contribution in [0, 0.1) is 0 Å². The van der Waals surface area contributed by atoms with Gasteiger partial charge in [0.25, 0.3) is 0 Å². The fraction of sp³-hybridized carbons (Fsp3) is 0.417. The zero-order chi connectivity index (χ0) is 10.4. The van der Waals surface area contributed by atoms with Crippen molar-refractivity contribution in [1.29, 1.82) is 0 Å². The first-order chi connectivity index (χ1) is 6.76. The zero-order valence-corrected chi connectivity index (χ0v) is 9.51. The van der Waals surface area contributed by atoms with Crippen LogP contribution in [-0.2, 0) is 0 Å². The molecule has 1 aromatic rings. The average molecular weight is 208 g/mol. The summed E-state index contributed by atoms with van der Waals surface area (Å²) in [6.07, 6.45) is 3.33. The van der Waals surface area contributed by atoms with Gasteiger partial charge in [0.15, 0.2) is 0 Å². The van der Waals surface area contributed by atoms with E-state index in [1.165, 1.54) is 17.7 Å². The molecule has 0 amide bonds. The summed E-state index contributed by atoms with van der Waals surface area (Å²) in [5.41, 5.74) is 0.763. The van der Waals surface area contributed by atoms with Crippen molar-refractivity contribution in [3.63, 3.8) is 0 Å². The van der Waals surface area contributed by atoms with Crippen molar-refractivity contribution in [3.05, 3.63) is 29.8 Å². The maximum absolute atomic E-state index is 10.6. The van der Waals surface area contributed by atoms with E-state index in [9.17, 15) is 4.79 Å². The molecule has 14 heavy (non-hydrogen) atoms. The summed E-state index contributed by atoms with van der Waals surface area (Å²) in [5, 5.41) is 0.627. The van der Waals surface area contributed by atoms with Crippen molar-refractivity contribution in [2.45, 2.75) is 36.8 Å². The van der Waals surface area contributed by atoms with E-state index < -0.39 is 0 Å². The summed E-state index contributed by atoms with van der Waals surface area (Å²) in [7, 11) is 0. The maximum Gasteiger partial charge on any atom is 0.150 e. The third kappa shape index (κ3) is 3.54. The molecule has 0 aromatic heterocycles. The van der Waals surface area contributed by atoms with Crippen LogP contribution in [0.5, 0.6) is 0 Å². The standard InChI is InChI=1S/C12H16OS/c1-3-5-10(2)14-12-7-4-6-11(8-12)9-13/h4,6-10H,3,5H2,1-2H3. The van der Waals surface area contributed by atoms with Gasteiger partial charge in [-0.25, -0.2) is 0 Å². The number of benzene rings is 1. The summed E-state index contributed by atoms with van der Waals surface area (Å²) < 4.78 is 0. The van der Waals surface area contributed by atoms with Gasteiger partial charge in [0.2, 0.25) is 0 Å². The third-order valence-electron chi connectivity index (χ3n) is 2.03. The van der Waals surface area contributed by atoms with Crippen molar-refractivity contribution in [1.82, 2.24) is 0 Å². The Morgan fingerprint density at radius 1 is 1.50 bits per heavy atom. The molecule has 1 unspecified atom stereocenters. The number of hydrogen-bond acceptors (Lipinski definition) is 2. The molecule has 2 heteroatoms. The number of rotatable bonds is 5. The van der Waals surface area contributed by atoms with Gasteiger partial charge in [-0.2, -0.15) is 0 Å². The molecule has 1 atom stereocenters. The predicted octanol–water partition coefficient (Wildman–Crippen LogP) is 3.78. The molecule has 0 N–H and O–H groups in total. The van der Waals surface area contributed by atoms with Gasteiger partial charge in [-0.15, -0.1) is 11.8 Å². The van der Waals surface area contributed by atoms with E-state index in [0.29, 0.717) is 5.25 Å². The highest BCUT2D eigenvalue weighted by Crippen LogP contribution is 2.26. The average Bonchev–Trinajstić information content (AvgIpc) is 2.18. The molecule has 1 aromatic carbocycles. The lowest BCUT2D eigenvalue weighted by Crippen LogP contribution is -1.94. The second-order valence-electron chi connectivity index (χ2n) is 3.41. The molecule has 1 rings (SSSR count). The van der Waals surface area contributed by atoms with Gasteiger partial charge in [-0.05, 0) is 18.6 Å². The van der Waals surface area contributed by atoms with Crippen LogP contribution in [0.1, 0.15) is 37.0 Å². The minimum atomic E-state index is 0.627. The van der Waals surface area contributed by atoms with Crippen LogP contribution in [0.4, 0.5) is 0 Å². The van der Waals surface area contributed by atoms with Gasteiger partial charge in [0, 0.05) is 15.7 Å². The van der Waals surface area contributed by atoms with Gasteiger partial charge in [0.05, 0.1) is 0 Å². The number of hydrogen-bond donors (Lipinski definition) is 0. The quantitative estimate of drug-likeness (QED) is 0.541. The van der Waals surface area contributed by atoms with Crippen molar-refractivity contribution in [2.75, 3.05) is 0 Å². The summed E-state index contributed by atoms with van der Waals surface area (Å²) in [6, 6.07) is 7.78. The highest BCUT2D eigenvalue weighted by Gasteiger charge is 2.03. The maximum atomic E-state index is 10.6. The van der Waals surface area contributed by atoms with Crippen LogP contribution >= 0.6 is 11.8 Å². The first-order valence-corrected chi connectivity index (χ1v) is 5.86. The first kappa shape index (κ1) is 11.3. The molecule has 76 valence electrons. The predicted molar refractivity (Wildman–Crippen MR) is 62.1 cm³/mol. The van der Waals surface area contributed by atoms with Crippen molar-refractivity contribution < 1.29 is 4.79 Å². The van der Waals surface area contributed by atoms with E-state index in [4.69, 9.17) is 0 Å². The van der Waals surface area contributed by atoms with E-state index in [0.717, 1.165) is 11.8 Å². The van der Waals surface area contributed by atoms with Gasteiger partial charge in [0.1, 0.15) is 6.29 Å². The van der Waals surface area contributed by atoms with E-state index in [2.05, 4.69) is 19.9 Å². The Morgan fingerprint density at radius 2 is 2.29 bits per heavy atom. The summed E-state index contributed by atoms with van der Waals surface area (Å²) in [6.45, 7) is 4.42. The van der Waals surface area contributed by atoms with Crippen molar-refractivity contribution in [3.8, 4) is 0 Å². The number of thioether (sulfide) groups is 1. The highest BCUT2D eigenvalue weighted by atomic mass is 32.2. The summed E-state index contributed by atoms with van der Waals surface area (Å²) in [4.78, 5) is 11.8. The fourth-order valence-electron chi connectivity index (χ4n) is 1.36. The lowest BCUT2D eigenvalue weighted by Gasteiger charge is -2.09. The van der Waals surface area contributed by atoms with Crippen LogP contribution in [0.15, 0.2) is 29.2 Å². The molecule has 0 spiro atoms. The van der Waals surface area contributed by atoms with Crippen LogP contribution in [-0.4, -0.2) is 11.5 Å². The Morgan fingerprint density at radius 3 is 2.93 bits per heavy atom. The Balaban J connectivity index is 2.61. The minimum absolute atomic E-state index is 0.627. The van der Waals surface area contributed by atoms with Crippen molar-refractivity contribution in [2.24, 2.45) is 0 Å². The lowest BCUT2D eigenvalue weighted by molar-refractivity contribution is 0.112. The van der Waals surface area contributed by atoms with Crippen LogP contribution < -0.4 is 0 Å². The molecule has 0 aliphatic heterocycles. The molecule has 1 nitrogen and oxygen atoms in total. The summed E-state index contributed by atoms with van der Waals surface area (Å²) in [5.74, 6) is 0. The number of carbonyl (C=O) groups is 1. The Kier molecular flexibility index (Phi) is 4.74. The molecule has 0 saturated carbocycles. The number of carbonyl (C=O) groups excluding carboxylic acids is 1. The zero-order valence-electron chi connectivity index (χ0n) is 8.69. The SMILES string of the molecule is CCCC(C)Sc1cccc(C=O)c1. The first-order valence-electron chi connectivity index (χ1n) is 4.98. The van der Waals surface area contributed by atoms with Gasteiger partial charge < -0.3 is 0 Å². The molecule has 0 fully saturated rings. The normalized spacial score (nSPS) is 12.4. The highest BCUT2D eigenvalue weighted by molar-refractivity contribution is 7.99. The van der Waals surface area contributed by atoms with Crippen LogP contribution in [0.3, 0.4) is 0 Å². The molecular weight excluding hydrogens is 192 g/mol. The van der Waals surface area contributed by atoms with Gasteiger partial charge >= 0.3 is 0 Å². The van der Waals surface area contributed by atoms with E-state index in [1.807, 2.05) is 30.0 Å². The topological polar surface area (TPSA) is 17.1 Å². The Bertz CT molecular complexity index is 296. The number of aldehydes is 1. The lowest BCUT2D eigenvalue weighted by atomic mass is 10.2. The summed E-state index contributed by atoms with van der Waals surface area (Å²) >= 11 is 1.84. The van der Waals surface area contributed by atoms with Gasteiger partial charge in [-0.3, -0.25) is 4.79 Å². The molecule has 0 bridgehead atoms. The van der Waals surface area contributed by atoms with E-state index in [-0.39, 0.29) is 0 Å². The second-order valence-corrected chi connectivity index (χ2v) is 4.92. The molecule has 0 radical (unpaired) electrons. The Labute approximate surface area is 89.9 Å². The van der Waals surface area contributed by atoms with Crippen molar-refractivity contribution >= 4 is 18.0 Å². The van der Waals surface area contributed by atoms with Crippen LogP contribution in [0.25, 0.3) is 0 Å². The third-order valence-corrected chi connectivity index (χ3v) is 3.19. The molecular formula is C12H16OS. The van der Waals surface area contributed by atoms with E-state index in [1.54, 1.807) is 0 Å². The van der Waals surface area contributed by atoms with Gasteiger partial charge in [-0.1, -0.05) is 32.4 Å². The largest absolute Gasteiger partial charge is 0.298 e. The molecule has 0 heterocycles. The molecule has 0 saturated heterocycles.